The quantitative estimate of drug-likeness (QED) is 0.851. The summed E-state index contributed by atoms with van der Waals surface area (Å²) in [5.41, 5.74) is 0.877. The first-order valence-corrected chi connectivity index (χ1v) is 9.90. The second kappa shape index (κ2) is 7.38. The molecule has 2 rings (SSSR count). The predicted molar refractivity (Wildman–Crippen MR) is 92.6 cm³/mol. The van der Waals surface area contributed by atoms with Crippen LogP contribution in [0.2, 0.25) is 10.0 Å². The molecule has 23 heavy (non-hydrogen) atoms. The van der Waals surface area contributed by atoms with Crippen molar-refractivity contribution in [3.63, 3.8) is 0 Å². The molecule has 1 aliphatic heterocycles. The largest absolute Gasteiger partial charge is 0.351 e. The smallest absolute Gasteiger partial charge is 0.237 e. The highest BCUT2D eigenvalue weighted by atomic mass is 35.5. The standard InChI is InChI=1S/C15H20Cl2N2O3S/c1-10(15(20)18-13-5-6-23(21,22)9-13)19(2)8-11-3-4-12(16)7-14(11)17/h3-4,7,10,13H,5-6,8-9H2,1-2H3,(H,18,20)/t10-,13+/m1/s1. The molecular weight excluding hydrogens is 359 g/mol. The lowest BCUT2D eigenvalue weighted by atomic mass is 10.1. The Balaban J connectivity index is 1.93. The van der Waals surface area contributed by atoms with E-state index in [0.29, 0.717) is 23.0 Å². The molecule has 0 radical (unpaired) electrons. The van der Waals surface area contributed by atoms with Gasteiger partial charge < -0.3 is 5.32 Å². The first-order valence-electron chi connectivity index (χ1n) is 7.33. The lowest BCUT2D eigenvalue weighted by molar-refractivity contribution is -0.126. The van der Waals surface area contributed by atoms with Gasteiger partial charge in [-0.3, -0.25) is 9.69 Å². The SMILES string of the molecule is C[C@H](C(=O)N[C@H]1CCS(=O)(=O)C1)N(C)Cc1ccc(Cl)cc1Cl. The van der Waals surface area contributed by atoms with Crippen LogP contribution in [0.5, 0.6) is 0 Å². The first-order chi connectivity index (χ1) is 10.7. The number of amides is 1. The van der Waals surface area contributed by atoms with Crippen molar-refractivity contribution in [3.05, 3.63) is 33.8 Å². The summed E-state index contributed by atoms with van der Waals surface area (Å²) in [4.78, 5) is 14.1. The number of rotatable bonds is 5. The second-order valence-corrected chi connectivity index (χ2v) is 9.01. The zero-order valence-corrected chi connectivity index (χ0v) is 15.4. The van der Waals surface area contributed by atoms with Crippen molar-refractivity contribution in [2.75, 3.05) is 18.6 Å². The number of hydrogen-bond donors (Lipinski definition) is 1. The fourth-order valence-electron chi connectivity index (χ4n) is 2.49. The predicted octanol–water partition coefficient (Wildman–Crippen LogP) is 2.12. The highest BCUT2D eigenvalue weighted by Gasteiger charge is 2.30. The van der Waals surface area contributed by atoms with Crippen molar-refractivity contribution >= 4 is 38.9 Å². The topological polar surface area (TPSA) is 66.5 Å². The van der Waals surface area contributed by atoms with Gasteiger partial charge in [-0.1, -0.05) is 29.3 Å². The van der Waals surface area contributed by atoms with Crippen LogP contribution in [-0.2, 0) is 21.2 Å². The lowest BCUT2D eigenvalue weighted by Gasteiger charge is -2.25. The molecule has 1 aromatic rings. The Morgan fingerprint density at radius 2 is 2.13 bits per heavy atom. The molecule has 8 heteroatoms. The molecule has 5 nitrogen and oxygen atoms in total. The molecule has 0 unspecified atom stereocenters. The Labute approximate surface area is 146 Å². The van der Waals surface area contributed by atoms with Gasteiger partial charge >= 0.3 is 0 Å². The number of benzene rings is 1. The molecule has 0 bridgehead atoms. The number of likely N-dealkylation sites (N-methyl/N-ethyl adjacent to an activating group) is 1. The molecule has 0 aromatic heterocycles. The van der Waals surface area contributed by atoms with Gasteiger partial charge in [0.25, 0.3) is 0 Å². The number of sulfone groups is 1. The summed E-state index contributed by atoms with van der Waals surface area (Å²) in [7, 11) is -1.18. The van der Waals surface area contributed by atoms with E-state index in [-0.39, 0.29) is 23.5 Å². The Hall–Kier alpha value is -0.820. The average Bonchev–Trinajstić information content (AvgIpc) is 2.80. The van der Waals surface area contributed by atoms with Crippen LogP contribution in [0.3, 0.4) is 0 Å². The monoisotopic (exact) mass is 378 g/mol. The number of nitrogens with one attached hydrogen (secondary N) is 1. The van der Waals surface area contributed by atoms with Crippen molar-refractivity contribution in [2.45, 2.75) is 32.0 Å². The summed E-state index contributed by atoms with van der Waals surface area (Å²) in [6.45, 7) is 2.27. The normalized spacial score (nSPS) is 21.3. The van der Waals surface area contributed by atoms with E-state index >= 15 is 0 Å². The van der Waals surface area contributed by atoms with Gasteiger partial charge in [0.05, 0.1) is 17.5 Å². The van der Waals surface area contributed by atoms with Crippen molar-refractivity contribution in [3.8, 4) is 0 Å². The van der Waals surface area contributed by atoms with Gasteiger partial charge in [0.1, 0.15) is 0 Å². The molecule has 1 amide bonds. The minimum Gasteiger partial charge on any atom is -0.351 e. The molecular formula is C15H20Cl2N2O3S. The molecule has 1 saturated heterocycles. The van der Waals surface area contributed by atoms with E-state index in [1.54, 1.807) is 19.1 Å². The number of hydrogen-bond acceptors (Lipinski definition) is 4. The summed E-state index contributed by atoms with van der Waals surface area (Å²) in [5.74, 6) is -0.0134. The lowest BCUT2D eigenvalue weighted by Crippen LogP contribution is -2.47. The van der Waals surface area contributed by atoms with Gasteiger partial charge in [0.15, 0.2) is 9.84 Å². The van der Waals surface area contributed by atoms with E-state index in [2.05, 4.69) is 5.32 Å². The van der Waals surface area contributed by atoms with E-state index < -0.39 is 15.9 Å². The fraction of sp³-hybridized carbons (Fsp3) is 0.533. The second-order valence-electron chi connectivity index (χ2n) is 5.94. The zero-order valence-electron chi connectivity index (χ0n) is 13.1. The first kappa shape index (κ1) is 18.5. The maximum Gasteiger partial charge on any atom is 0.237 e. The van der Waals surface area contributed by atoms with Crippen molar-refractivity contribution in [1.29, 1.82) is 0 Å². The van der Waals surface area contributed by atoms with Crippen LogP contribution in [0, 0.1) is 0 Å². The van der Waals surface area contributed by atoms with E-state index in [0.717, 1.165) is 5.56 Å². The van der Waals surface area contributed by atoms with Crippen LogP contribution < -0.4 is 5.32 Å². The van der Waals surface area contributed by atoms with E-state index in [9.17, 15) is 13.2 Å². The minimum atomic E-state index is -3.00. The van der Waals surface area contributed by atoms with Gasteiger partial charge in [-0.2, -0.15) is 0 Å². The fourth-order valence-corrected chi connectivity index (χ4v) is 4.63. The molecule has 2 atom stereocenters. The summed E-state index contributed by atoms with van der Waals surface area (Å²) < 4.78 is 22.9. The summed E-state index contributed by atoms with van der Waals surface area (Å²) in [6, 6.07) is 4.56. The Morgan fingerprint density at radius 3 is 2.70 bits per heavy atom. The number of halogens is 2. The molecule has 1 aliphatic rings. The van der Waals surface area contributed by atoms with Gasteiger partial charge in [-0.05, 0) is 38.1 Å². The molecule has 128 valence electrons. The Kier molecular flexibility index (Phi) is 5.94. The number of carbonyl (C=O) groups is 1. The molecule has 1 aromatic carbocycles. The average molecular weight is 379 g/mol. The third-order valence-corrected chi connectivity index (χ3v) is 6.41. The van der Waals surface area contributed by atoms with E-state index in [1.165, 1.54) is 0 Å². The maximum absolute atomic E-state index is 12.3. The molecule has 1 heterocycles. The van der Waals surface area contributed by atoms with Crippen LogP contribution in [0.1, 0.15) is 18.9 Å². The zero-order chi connectivity index (χ0) is 17.2. The van der Waals surface area contributed by atoms with Crippen LogP contribution in [0.25, 0.3) is 0 Å². The summed E-state index contributed by atoms with van der Waals surface area (Å²) in [6.07, 6.45) is 0.480. The molecule has 1 N–H and O–H groups in total. The molecule has 0 saturated carbocycles. The summed E-state index contributed by atoms with van der Waals surface area (Å²) >= 11 is 12.0. The highest BCUT2D eigenvalue weighted by molar-refractivity contribution is 7.91. The van der Waals surface area contributed by atoms with Gasteiger partial charge in [0.2, 0.25) is 5.91 Å². The van der Waals surface area contributed by atoms with Gasteiger partial charge in [-0.25, -0.2) is 8.42 Å². The van der Waals surface area contributed by atoms with Gasteiger partial charge in [-0.15, -0.1) is 0 Å². The van der Waals surface area contributed by atoms with Crippen LogP contribution in [0.15, 0.2) is 18.2 Å². The molecule has 0 spiro atoms. The third kappa shape index (κ3) is 5.08. The molecule has 0 aliphatic carbocycles. The molecule has 1 fully saturated rings. The summed E-state index contributed by atoms with van der Waals surface area (Å²) in [5, 5.41) is 3.93. The Morgan fingerprint density at radius 1 is 1.43 bits per heavy atom. The minimum absolute atomic E-state index is 0.0260. The van der Waals surface area contributed by atoms with Crippen LogP contribution in [0.4, 0.5) is 0 Å². The Bertz CT molecular complexity index is 694. The van der Waals surface area contributed by atoms with Crippen molar-refractivity contribution in [2.24, 2.45) is 0 Å². The third-order valence-electron chi connectivity index (χ3n) is 4.05. The van der Waals surface area contributed by atoms with Crippen molar-refractivity contribution in [1.82, 2.24) is 10.2 Å². The van der Waals surface area contributed by atoms with Crippen molar-refractivity contribution < 1.29 is 13.2 Å². The van der Waals surface area contributed by atoms with Crippen LogP contribution in [-0.4, -0.2) is 49.9 Å². The number of carbonyl (C=O) groups excluding carboxylic acids is 1. The van der Waals surface area contributed by atoms with Gasteiger partial charge in [0, 0.05) is 22.6 Å². The highest BCUT2D eigenvalue weighted by Crippen LogP contribution is 2.22. The van der Waals surface area contributed by atoms with Crippen LogP contribution >= 0.6 is 23.2 Å². The van der Waals surface area contributed by atoms with E-state index in [1.807, 2.05) is 18.0 Å². The van der Waals surface area contributed by atoms with E-state index in [4.69, 9.17) is 23.2 Å². The number of nitrogens with zero attached hydrogens (tertiary/aromatic N) is 1. The maximum atomic E-state index is 12.3.